The van der Waals surface area contributed by atoms with E-state index in [1.807, 2.05) is 0 Å². The molecule has 0 radical (unpaired) electrons. The highest BCUT2D eigenvalue weighted by atomic mass is 19.3. The Balaban J connectivity index is 1.92. The van der Waals surface area contributed by atoms with Gasteiger partial charge in [0.1, 0.15) is 12.0 Å². The summed E-state index contributed by atoms with van der Waals surface area (Å²) in [5.74, 6) is 0.398. The average molecular weight is 340 g/mol. The standard InChI is InChI=1S/C16H18F2N2O4/c1-22-13-3-2-10(6-14(13)24-16(17)18)4-5-20-15(21)11-7-12(8-19)23-9-11/h2-3,6-7,9,16H,4-5,8,19H2,1H3,(H,20,21). The minimum absolute atomic E-state index is 0.0428. The number of benzene rings is 1. The molecule has 1 amide bonds. The number of nitrogens with one attached hydrogen (secondary N) is 1. The zero-order chi connectivity index (χ0) is 17.5. The van der Waals surface area contributed by atoms with Gasteiger partial charge in [0.25, 0.3) is 5.91 Å². The molecule has 2 aromatic rings. The minimum atomic E-state index is -2.94. The first kappa shape index (κ1) is 17.7. The summed E-state index contributed by atoms with van der Waals surface area (Å²) in [6, 6.07) is 6.28. The number of hydrogen-bond donors (Lipinski definition) is 2. The number of rotatable bonds is 8. The van der Waals surface area contributed by atoms with Gasteiger partial charge in [0.15, 0.2) is 11.5 Å². The molecular weight excluding hydrogens is 322 g/mol. The second-order valence-corrected chi connectivity index (χ2v) is 4.88. The number of furan rings is 1. The van der Waals surface area contributed by atoms with Gasteiger partial charge >= 0.3 is 6.61 Å². The number of methoxy groups -OCH3 is 1. The Morgan fingerprint density at radius 2 is 2.12 bits per heavy atom. The number of halogens is 2. The van der Waals surface area contributed by atoms with E-state index in [9.17, 15) is 13.6 Å². The third-order valence-corrected chi connectivity index (χ3v) is 3.26. The molecule has 3 N–H and O–H groups in total. The van der Waals surface area contributed by atoms with Gasteiger partial charge in [-0.25, -0.2) is 0 Å². The van der Waals surface area contributed by atoms with Crippen LogP contribution in [0.15, 0.2) is 34.9 Å². The van der Waals surface area contributed by atoms with Crippen LogP contribution >= 0.6 is 0 Å². The first-order chi connectivity index (χ1) is 11.5. The van der Waals surface area contributed by atoms with E-state index >= 15 is 0 Å². The number of ether oxygens (including phenoxy) is 2. The molecule has 6 nitrogen and oxygen atoms in total. The summed E-state index contributed by atoms with van der Waals surface area (Å²) in [5, 5.41) is 2.71. The van der Waals surface area contributed by atoms with Crippen molar-refractivity contribution in [1.82, 2.24) is 5.32 Å². The molecule has 2 rings (SSSR count). The maximum Gasteiger partial charge on any atom is 0.387 e. The second kappa shape index (κ2) is 8.30. The van der Waals surface area contributed by atoms with Crippen molar-refractivity contribution in [3.8, 4) is 11.5 Å². The molecule has 0 aliphatic carbocycles. The predicted molar refractivity (Wildman–Crippen MR) is 82.3 cm³/mol. The molecule has 0 fully saturated rings. The van der Waals surface area contributed by atoms with E-state index in [4.69, 9.17) is 14.9 Å². The Morgan fingerprint density at radius 3 is 2.75 bits per heavy atom. The highest BCUT2D eigenvalue weighted by Crippen LogP contribution is 2.29. The van der Waals surface area contributed by atoms with Crippen molar-refractivity contribution in [1.29, 1.82) is 0 Å². The molecule has 0 aliphatic heterocycles. The second-order valence-electron chi connectivity index (χ2n) is 4.88. The topological polar surface area (TPSA) is 86.7 Å². The highest BCUT2D eigenvalue weighted by molar-refractivity contribution is 5.93. The van der Waals surface area contributed by atoms with Gasteiger partial charge < -0.3 is 24.9 Å². The third-order valence-electron chi connectivity index (χ3n) is 3.26. The average Bonchev–Trinajstić information content (AvgIpc) is 3.03. The summed E-state index contributed by atoms with van der Waals surface area (Å²) >= 11 is 0. The van der Waals surface area contributed by atoms with E-state index in [0.29, 0.717) is 24.3 Å². The summed E-state index contributed by atoms with van der Waals surface area (Å²) in [6.45, 7) is -2.40. The molecule has 0 spiro atoms. The van der Waals surface area contributed by atoms with Crippen molar-refractivity contribution in [2.75, 3.05) is 13.7 Å². The van der Waals surface area contributed by atoms with Crippen LogP contribution < -0.4 is 20.5 Å². The van der Waals surface area contributed by atoms with Gasteiger partial charge in [-0.3, -0.25) is 4.79 Å². The van der Waals surface area contributed by atoms with Gasteiger partial charge in [0, 0.05) is 6.54 Å². The van der Waals surface area contributed by atoms with E-state index in [-0.39, 0.29) is 24.0 Å². The Hall–Kier alpha value is -2.61. The molecule has 0 aliphatic rings. The van der Waals surface area contributed by atoms with Crippen molar-refractivity contribution in [3.63, 3.8) is 0 Å². The maximum absolute atomic E-state index is 12.4. The maximum atomic E-state index is 12.4. The van der Waals surface area contributed by atoms with Crippen LogP contribution in [-0.2, 0) is 13.0 Å². The Morgan fingerprint density at radius 1 is 1.33 bits per heavy atom. The van der Waals surface area contributed by atoms with E-state index in [0.717, 1.165) is 5.56 Å². The molecule has 0 saturated carbocycles. The number of hydrogen-bond acceptors (Lipinski definition) is 5. The van der Waals surface area contributed by atoms with Crippen LogP contribution in [0.3, 0.4) is 0 Å². The SMILES string of the molecule is COc1ccc(CCNC(=O)c2coc(CN)c2)cc1OC(F)F. The molecule has 1 heterocycles. The van der Waals surface area contributed by atoms with Gasteiger partial charge in [0.2, 0.25) is 0 Å². The third kappa shape index (κ3) is 4.69. The number of alkyl halides is 2. The Kier molecular flexibility index (Phi) is 6.14. The summed E-state index contributed by atoms with van der Waals surface area (Å²) in [5.41, 5.74) is 6.52. The van der Waals surface area contributed by atoms with E-state index in [1.54, 1.807) is 18.2 Å². The molecule has 130 valence electrons. The van der Waals surface area contributed by atoms with Crippen LogP contribution in [0.2, 0.25) is 0 Å². The fourth-order valence-electron chi connectivity index (χ4n) is 2.09. The first-order valence-electron chi connectivity index (χ1n) is 7.21. The normalized spacial score (nSPS) is 10.7. The molecule has 24 heavy (non-hydrogen) atoms. The van der Waals surface area contributed by atoms with Gasteiger partial charge in [-0.15, -0.1) is 0 Å². The largest absolute Gasteiger partial charge is 0.493 e. The van der Waals surface area contributed by atoms with Crippen molar-refractivity contribution in [2.45, 2.75) is 19.6 Å². The van der Waals surface area contributed by atoms with Gasteiger partial charge in [-0.1, -0.05) is 6.07 Å². The Bertz CT molecular complexity index is 688. The monoisotopic (exact) mass is 340 g/mol. The smallest absolute Gasteiger partial charge is 0.387 e. The lowest BCUT2D eigenvalue weighted by Gasteiger charge is -2.11. The summed E-state index contributed by atoms with van der Waals surface area (Å²) in [6.07, 6.45) is 1.77. The molecular formula is C16H18F2N2O4. The van der Waals surface area contributed by atoms with Crippen LogP contribution in [0.25, 0.3) is 0 Å². The van der Waals surface area contributed by atoms with Crippen molar-refractivity contribution in [2.24, 2.45) is 5.73 Å². The lowest BCUT2D eigenvalue weighted by Crippen LogP contribution is -2.25. The molecule has 0 saturated heterocycles. The van der Waals surface area contributed by atoms with Crippen LogP contribution in [0.1, 0.15) is 21.7 Å². The molecule has 1 aromatic carbocycles. The number of carbonyl (C=O) groups is 1. The van der Waals surface area contributed by atoms with Crippen molar-refractivity contribution in [3.05, 3.63) is 47.4 Å². The fraction of sp³-hybridized carbons (Fsp3) is 0.312. The van der Waals surface area contributed by atoms with Gasteiger partial charge in [-0.05, 0) is 30.2 Å². The quantitative estimate of drug-likeness (QED) is 0.770. The lowest BCUT2D eigenvalue weighted by molar-refractivity contribution is -0.0512. The van der Waals surface area contributed by atoms with Crippen molar-refractivity contribution >= 4 is 5.91 Å². The highest BCUT2D eigenvalue weighted by Gasteiger charge is 2.12. The van der Waals surface area contributed by atoms with Crippen LogP contribution in [0.4, 0.5) is 8.78 Å². The molecule has 0 bridgehead atoms. The molecule has 1 aromatic heterocycles. The summed E-state index contributed by atoms with van der Waals surface area (Å²) < 4.78 is 39.3. The minimum Gasteiger partial charge on any atom is -0.493 e. The van der Waals surface area contributed by atoms with E-state index in [1.165, 1.54) is 19.4 Å². The summed E-state index contributed by atoms with van der Waals surface area (Å²) in [4.78, 5) is 11.9. The first-order valence-corrected chi connectivity index (χ1v) is 7.21. The van der Waals surface area contributed by atoms with Crippen LogP contribution in [-0.4, -0.2) is 26.2 Å². The zero-order valence-electron chi connectivity index (χ0n) is 13.1. The van der Waals surface area contributed by atoms with Crippen molar-refractivity contribution < 1.29 is 27.5 Å². The number of carbonyl (C=O) groups excluding carboxylic acids is 1. The Labute approximate surface area is 137 Å². The molecule has 8 heteroatoms. The summed E-state index contributed by atoms with van der Waals surface area (Å²) in [7, 11) is 1.37. The zero-order valence-corrected chi connectivity index (χ0v) is 13.1. The van der Waals surface area contributed by atoms with E-state index < -0.39 is 6.61 Å². The van der Waals surface area contributed by atoms with Gasteiger partial charge in [0.05, 0.1) is 19.2 Å². The fourth-order valence-corrected chi connectivity index (χ4v) is 2.09. The van der Waals surface area contributed by atoms with E-state index in [2.05, 4.69) is 10.1 Å². The van der Waals surface area contributed by atoms with Crippen LogP contribution in [0.5, 0.6) is 11.5 Å². The molecule has 0 unspecified atom stereocenters. The number of amides is 1. The van der Waals surface area contributed by atoms with Gasteiger partial charge in [-0.2, -0.15) is 8.78 Å². The predicted octanol–water partition coefficient (Wildman–Crippen LogP) is 2.32. The number of nitrogens with two attached hydrogens (primary N) is 1. The van der Waals surface area contributed by atoms with Crippen LogP contribution in [0, 0.1) is 0 Å². The lowest BCUT2D eigenvalue weighted by atomic mass is 10.1. The molecule has 0 atom stereocenters.